The Labute approximate surface area is 165 Å². The molecule has 4 aromatic rings. The third-order valence-corrected chi connectivity index (χ3v) is 4.26. The van der Waals surface area contributed by atoms with E-state index in [4.69, 9.17) is 4.42 Å². The van der Waals surface area contributed by atoms with Gasteiger partial charge in [0.25, 0.3) is 11.6 Å². The Hall–Kier alpha value is -4.20. The number of carbonyl (C=O) groups excluding carboxylic acids is 1. The van der Waals surface area contributed by atoms with Gasteiger partial charge in [-0.2, -0.15) is 0 Å². The molecule has 0 fully saturated rings. The number of benzene rings is 3. The van der Waals surface area contributed by atoms with Crippen molar-refractivity contribution in [3.63, 3.8) is 0 Å². The Morgan fingerprint density at radius 1 is 1.03 bits per heavy atom. The van der Waals surface area contributed by atoms with E-state index in [-0.39, 0.29) is 11.3 Å². The lowest BCUT2D eigenvalue weighted by atomic mass is 10.1. The number of amides is 1. The van der Waals surface area contributed by atoms with Crippen LogP contribution in [0.5, 0.6) is 0 Å². The van der Waals surface area contributed by atoms with Crippen molar-refractivity contribution in [1.29, 1.82) is 0 Å². The van der Waals surface area contributed by atoms with Gasteiger partial charge in [-0.15, -0.1) is 0 Å². The molecule has 0 aliphatic heterocycles. The first-order valence-electron chi connectivity index (χ1n) is 8.79. The summed E-state index contributed by atoms with van der Waals surface area (Å²) >= 11 is 0. The molecule has 0 unspecified atom stereocenters. The van der Waals surface area contributed by atoms with Crippen LogP contribution in [0.15, 0.2) is 71.1 Å². The molecule has 1 heterocycles. The first-order chi connectivity index (χ1) is 14.0. The fourth-order valence-corrected chi connectivity index (χ4v) is 2.93. The number of carbonyl (C=O) groups is 1. The van der Waals surface area contributed by atoms with E-state index >= 15 is 0 Å². The number of fused-ring (bicyclic) bond motifs is 1. The quantitative estimate of drug-likeness (QED) is 0.366. The standard InChI is InChI=1S/C21H16N4O4/c1-13-22-18-12-16(8-10-20(18)29-13)24-21(26)14-7-9-17(19(11-14)25(27)28)23-15-5-3-2-4-6-15/h2-12,23H,1H3,(H,24,26). The zero-order chi connectivity index (χ0) is 20.4. The van der Waals surface area contributed by atoms with Gasteiger partial charge >= 0.3 is 0 Å². The molecule has 1 amide bonds. The number of aryl methyl sites for hydroxylation is 1. The molecular formula is C21H16N4O4. The van der Waals surface area contributed by atoms with E-state index in [0.29, 0.717) is 34.1 Å². The van der Waals surface area contributed by atoms with Crippen molar-refractivity contribution >= 4 is 39.8 Å². The molecule has 4 rings (SSSR count). The average molecular weight is 388 g/mol. The largest absolute Gasteiger partial charge is 0.441 e. The summed E-state index contributed by atoms with van der Waals surface area (Å²) in [6.07, 6.45) is 0. The monoisotopic (exact) mass is 388 g/mol. The van der Waals surface area contributed by atoms with Gasteiger partial charge in [-0.05, 0) is 42.5 Å². The van der Waals surface area contributed by atoms with Crippen LogP contribution in [0.1, 0.15) is 16.2 Å². The van der Waals surface area contributed by atoms with E-state index < -0.39 is 10.8 Å². The lowest BCUT2D eigenvalue weighted by Gasteiger charge is -2.09. The third-order valence-electron chi connectivity index (χ3n) is 4.26. The molecule has 29 heavy (non-hydrogen) atoms. The molecule has 144 valence electrons. The van der Waals surface area contributed by atoms with Crippen LogP contribution in [0, 0.1) is 17.0 Å². The minimum atomic E-state index is -0.522. The van der Waals surface area contributed by atoms with Crippen molar-refractivity contribution in [1.82, 2.24) is 4.98 Å². The number of hydrogen-bond acceptors (Lipinski definition) is 6. The highest BCUT2D eigenvalue weighted by Crippen LogP contribution is 2.29. The normalized spacial score (nSPS) is 10.7. The Morgan fingerprint density at radius 3 is 2.59 bits per heavy atom. The van der Waals surface area contributed by atoms with Crippen LogP contribution in [0.4, 0.5) is 22.7 Å². The second-order valence-electron chi connectivity index (χ2n) is 6.35. The number of aromatic nitrogens is 1. The van der Waals surface area contributed by atoms with Crippen molar-refractivity contribution in [2.75, 3.05) is 10.6 Å². The maximum absolute atomic E-state index is 12.6. The summed E-state index contributed by atoms with van der Waals surface area (Å²) in [5.41, 5.74) is 2.75. The number of nitro groups is 1. The summed E-state index contributed by atoms with van der Waals surface area (Å²) in [5, 5.41) is 17.2. The maximum Gasteiger partial charge on any atom is 0.293 e. The molecule has 0 radical (unpaired) electrons. The van der Waals surface area contributed by atoms with Crippen LogP contribution in [-0.4, -0.2) is 15.8 Å². The topological polar surface area (TPSA) is 110 Å². The second-order valence-corrected chi connectivity index (χ2v) is 6.35. The predicted molar refractivity (Wildman–Crippen MR) is 110 cm³/mol. The highest BCUT2D eigenvalue weighted by molar-refractivity contribution is 6.05. The first-order valence-corrected chi connectivity index (χ1v) is 8.79. The summed E-state index contributed by atoms with van der Waals surface area (Å²) in [6, 6.07) is 18.5. The van der Waals surface area contributed by atoms with Crippen LogP contribution in [-0.2, 0) is 0 Å². The van der Waals surface area contributed by atoms with Gasteiger partial charge < -0.3 is 15.1 Å². The van der Waals surface area contributed by atoms with E-state index in [2.05, 4.69) is 15.6 Å². The minimum Gasteiger partial charge on any atom is -0.441 e. The maximum atomic E-state index is 12.6. The highest BCUT2D eigenvalue weighted by atomic mass is 16.6. The smallest absolute Gasteiger partial charge is 0.293 e. The molecule has 1 aromatic heterocycles. The summed E-state index contributed by atoms with van der Waals surface area (Å²) in [7, 11) is 0. The van der Waals surface area contributed by atoms with Gasteiger partial charge in [-0.1, -0.05) is 18.2 Å². The molecule has 2 N–H and O–H groups in total. The SMILES string of the molecule is Cc1nc2cc(NC(=O)c3ccc(Nc4ccccc4)c([N+](=O)[O-])c3)ccc2o1. The molecule has 8 nitrogen and oxygen atoms in total. The van der Waals surface area contributed by atoms with Gasteiger partial charge in [-0.3, -0.25) is 14.9 Å². The van der Waals surface area contributed by atoms with Gasteiger partial charge in [-0.25, -0.2) is 4.98 Å². The fraction of sp³-hybridized carbons (Fsp3) is 0.0476. The molecule has 0 saturated carbocycles. The Bertz CT molecular complexity index is 1220. The summed E-state index contributed by atoms with van der Waals surface area (Å²) < 4.78 is 5.41. The van der Waals surface area contributed by atoms with E-state index in [1.165, 1.54) is 18.2 Å². The number of rotatable bonds is 5. The van der Waals surface area contributed by atoms with Crippen LogP contribution >= 0.6 is 0 Å². The van der Waals surface area contributed by atoms with E-state index in [1.807, 2.05) is 18.2 Å². The highest BCUT2D eigenvalue weighted by Gasteiger charge is 2.18. The number of anilines is 3. The van der Waals surface area contributed by atoms with Crippen molar-refractivity contribution in [2.24, 2.45) is 0 Å². The Morgan fingerprint density at radius 2 is 1.83 bits per heavy atom. The predicted octanol–water partition coefficient (Wildman–Crippen LogP) is 5.04. The molecule has 0 saturated heterocycles. The first kappa shape index (κ1) is 18.2. The number of nitro benzene ring substituents is 1. The van der Waals surface area contributed by atoms with Gasteiger partial charge in [0.05, 0.1) is 4.92 Å². The van der Waals surface area contributed by atoms with E-state index in [0.717, 1.165) is 0 Å². The summed E-state index contributed by atoms with van der Waals surface area (Å²) in [5.74, 6) is 0.0690. The van der Waals surface area contributed by atoms with Gasteiger partial charge in [0, 0.05) is 29.9 Å². The minimum absolute atomic E-state index is 0.173. The van der Waals surface area contributed by atoms with Crippen molar-refractivity contribution < 1.29 is 14.1 Å². The Kier molecular flexibility index (Phi) is 4.66. The Balaban J connectivity index is 1.59. The van der Waals surface area contributed by atoms with Crippen molar-refractivity contribution in [2.45, 2.75) is 6.92 Å². The number of oxazole rings is 1. The van der Waals surface area contributed by atoms with E-state index in [1.54, 1.807) is 37.3 Å². The number of nitrogens with zero attached hydrogens (tertiary/aromatic N) is 2. The number of hydrogen-bond donors (Lipinski definition) is 2. The molecule has 0 bridgehead atoms. The van der Waals surface area contributed by atoms with Crippen molar-refractivity contribution in [3.05, 3.63) is 88.3 Å². The molecule has 0 aliphatic rings. The molecule has 3 aromatic carbocycles. The van der Waals surface area contributed by atoms with Crippen LogP contribution < -0.4 is 10.6 Å². The molecular weight excluding hydrogens is 372 g/mol. The zero-order valence-corrected chi connectivity index (χ0v) is 15.4. The zero-order valence-electron chi connectivity index (χ0n) is 15.4. The van der Waals surface area contributed by atoms with Gasteiger partial charge in [0.1, 0.15) is 11.2 Å². The van der Waals surface area contributed by atoms with Crippen LogP contribution in [0.2, 0.25) is 0 Å². The third kappa shape index (κ3) is 3.91. The van der Waals surface area contributed by atoms with Crippen molar-refractivity contribution in [3.8, 4) is 0 Å². The van der Waals surface area contributed by atoms with Crippen LogP contribution in [0.3, 0.4) is 0 Å². The molecule has 0 aliphatic carbocycles. The number of para-hydroxylation sites is 1. The lowest BCUT2D eigenvalue weighted by molar-refractivity contribution is -0.383. The summed E-state index contributed by atoms with van der Waals surface area (Å²) in [6.45, 7) is 1.74. The second kappa shape index (κ2) is 7.43. The summed E-state index contributed by atoms with van der Waals surface area (Å²) in [4.78, 5) is 27.8. The van der Waals surface area contributed by atoms with Gasteiger partial charge in [0.2, 0.25) is 0 Å². The fourth-order valence-electron chi connectivity index (χ4n) is 2.93. The van der Waals surface area contributed by atoms with Gasteiger partial charge in [0.15, 0.2) is 11.5 Å². The van der Waals surface area contributed by atoms with Crippen LogP contribution in [0.25, 0.3) is 11.1 Å². The molecule has 8 heteroatoms. The number of nitrogens with one attached hydrogen (secondary N) is 2. The lowest BCUT2D eigenvalue weighted by Crippen LogP contribution is -2.12. The van der Waals surface area contributed by atoms with E-state index in [9.17, 15) is 14.9 Å². The average Bonchev–Trinajstić information content (AvgIpc) is 3.08. The molecule has 0 atom stereocenters. The molecule has 0 spiro atoms.